The van der Waals surface area contributed by atoms with Gasteiger partial charge in [-0.25, -0.2) is 0 Å². The average Bonchev–Trinajstić information content (AvgIpc) is 2.70. The molecule has 5 nitrogen and oxygen atoms in total. The van der Waals surface area contributed by atoms with Crippen molar-refractivity contribution in [3.05, 3.63) is 34.3 Å². The van der Waals surface area contributed by atoms with Crippen LogP contribution in [0.25, 0.3) is 0 Å². The van der Waals surface area contributed by atoms with Crippen molar-refractivity contribution >= 4 is 28.1 Å². The summed E-state index contributed by atoms with van der Waals surface area (Å²) in [6, 6.07) is 5.83. The third-order valence-corrected chi connectivity index (χ3v) is 3.11. The van der Waals surface area contributed by atoms with E-state index < -0.39 is 0 Å². The number of hydrogen-bond acceptors (Lipinski definition) is 5. The van der Waals surface area contributed by atoms with Crippen molar-refractivity contribution in [3.63, 3.8) is 0 Å². The van der Waals surface area contributed by atoms with Crippen molar-refractivity contribution < 1.29 is 4.79 Å². The topological polar surface area (TPSA) is 80.9 Å². The monoisotopic (exact) mass is 248 g/mol. The molecule has 2 aromatic rings. The molecule has 0 radical (unpaired) electrons. The molecular formula is C11H12N4OS. The van der Waals surface area contributed by atoms with E-state index in [1.54, 1.807) is 0 Å². The molecule has 2 rings (SSSR count). The third kappa shape index (κ3) is 2.42. The van der Waals surface area contributed by atoms with E-state index in [-0.39, 0.29) is 16.0 Å². The SMILES string of the molecule is Cc1cccc(C)c1NC(=O)c1nnc(N)s1. The van der Waals surface area contributed by atoms with Crippen LogP contribution in [0, 0.1) is 13.8 Å². The predicted octanol–water partition coefficient (Wildman–Crippen LogP) is 1.99. The Hall–Kier alpha value is -1.95. The van der Waals surface area contributed by atoms with E-state index in [9.17, 15) is 4.79 Å². The molecule has 17 heavy (non-hydrogen) atoms. The lowest BCUT2D eigenvalue weighted by molar-refractivity contribution is 0.102. The average molecular weight is 248 g/mol. The summed E-state index contributed by atoms with van der Waals surface area (Å²) in [4.78, 5) is 11.9. The number of nitrogens with two attached hydrogens (primary N) is 1. The molecule has 0 aliphatic heterocycles. The molecule has 1 amide bonds. The van der Waals surface area contributed by atoms with Gasteiger partial charge in [-0.2, -0.15) is 0 Å². The van der Waals surface area contributed by atoms with Crippen molar-refractivity contribution in [1.82, 2.24) is 10.2 Å². The van der Waals surface area contributed by atoms with Gasteiger partial charge in [0.15, 0.2) is 0 Å². The number of rotatable bonds is 2. The predicted molar refractivity (Wildman–Crippen MR) is 68.2 cm³/mol. The maximum atomic E-state index is 11.9. The van der Waals surface area contributed by atoms with E-state index in [0.29, 0.717) is 0 Å². The highest BCUT2D eigenvalue weighted by atomic mass is 32.1. The van der Waals surface area contributed by atoms with Crippen LogP contribution in [0.5, 0.6) is 0 Å². The number of nitrogen functional groups attached to an aromatic ring is 1. The maximum absolute atomic E-state index is 11.9. The van der Waals surface area contributed by atoms with E-state index in [1.165, 1.54) is 0 Å². The molecule has 1 aromatic heterocycles. The summed E-state index contributed by atoms with van der Waals surface area (Å²) >= 11 is 1.07. The lowest BCUT2D eigenvalue weighted by Gasteiger charge is -2.09. The first-order chi connectivity index (χ1) is 8.08. The summed E-state index contributed by atoms with van der Waals surface area (Å²) in [6.07, 6.45) is 0. The van der Waals surface area contributed by atoms with Crippen molar-refractivity contribution in [2.24, 2.45) is 0 Å². The number of amides is 1. The Bertz CT molecular complexity index is 544. The molecule has 1 heterocycles. The molecule has 88 valence electrons. The number of aromatic nitrogens is 2. The van der Waals surface area contributed by atoms with E-state index in [4.69, 9.17) is 5.73 Å². The number of nitrogens with zero attached hydrogens (tertiary/aromatic N) is 2. The highest BCUT2D eigenvalue weighted by Crippen LogP contribution is 2.21. The summed E-state index contributed by atoms with van der Waals surface area (Å²) in [5.74, 6) is -0.281. The van der Waals surface area contributed by atoms with Crippen molar-refractivity contribution in [1.29, 1.82) is 0 Å². The molecule has 3 N–H and O–H groups in total. The number of nitrogens with one attached hydrogen (secondary N) is 1. The molecule has 0 unspecified atom stereocenters. The van der Waals surface area contributed by atoms with Gasteiger partial charge in [-0.05, 0) is 25.0 Å². The highest BCUT2D eigenvalue weighted by molar-refractivity contribution is 7.16. The van der Waals surface area contributed by atoms with Crippen molar-refractivity contribution in [3.8, 4) is 0 Å². The number of para-hydroxylation sites is 1. The standard InChI is InChI=1S/C11H12N4OS/c1-6-4-3-5-7(2)8(6)13-9(16)10-14-15-11(12)17-10/h3-5H,1-2H3,(H2,12,15)(H,13,16). The molecule has 0 fully saturated rings. The summed E-state index contributed by atoms with van der Waals surface area (Å²) in [7, 11) is 0. The molecule has 0 aliphatic rings. The Balaban J connectivity index is 2.24. The van der Waals surface area contributed by atoms with Gasteiger partial charge < -0.3 is 11.1 Å². The van der Waals surface area contributed by atoms with Gasteiger partial charge in [0, 0.05) is 5.69 Å². The number of hydrogen-bond donors (Lipinski definition) is 2. The summed E-state index contributed by atoms with van der Waals surface area (Å²) < 4.78 is 0. The number of carbonyl (C=O) groups is 1. The van der Waals surface area contributed by atoms with Crippen LogP contribution in [0.3, 0.4) is 0 Å². The van der Waals surface area contributed by atoms with E-state index in [1.807, 2.05) is 32.0 Å². The Morgan fingerprint density at radius 1 is 1.29 bits per heavy atom. The Kier molecular flexibility index (Phi) is 3.06. The molecule has 0 atom stereocenters. The highest BCUT2D eigenvalue weighted by Gasteiger charge is 2.13. The smallest absolute Gasteiger partial charge is 0.286 e. The molecule has 0 aliphatic carbocycles. The van der Waals surface area contributed by atoms with Gasteiger partial charge in [-0.3, -0.25) is 4.79 Å². The van der Waals surface area contributed by atoms with Gasteiger partial charge in [0.1, 0.15) is 0 Å². The number of carbonyl (C=O) groups excluding carboxylic acids is 1. The Labute approximate surface area is 103 Å². The lowest BCUT2D eigenvalue weighted by Crippen LogP contribution is -2.13. The maximum Gasteiger partial charge on any atom is 0.286 e. The van der Waals surface area contributed by atoms with E-state index in [0.717, 1.165) is 28.2 Å². The fraction of sp³-hybridized carbons (Fsp3) is 0.182. The molecule has 0 spiro atoms. The summed E-state index contributed by atoms with van der Waals surface area (Å²) in [5.41, 5.74) is 8.27. The normalized spacial score (nSPS) is 10.2. The first-order valence-electron chi connectivity index (χ1n) is 5.04. The second-order valence-corrected chi connectivity index (χ2v) is 4.68. The van der Waals surface area contributed by atoms with Crippen LogP contribution in [0.4, 0.5) is 10.8 Å². The zero-order valence-corrected chi connectivity index (χ0v) is 10.3. The van der Waals surface area contributed by atoms with Gasteiger partial charge in [-0.15, -0.1) is 10.2 Å². The van der Waals surface area contributed by atoms with Gasteiger partial charge in [-0.1, -0.05) is 29.5 Å². The molecule has 0 bridgehead atoms. The largest absolute Gasteiger partial charge is 0.374 e. The minimum atomic E-state index is -0.281. The first kappa shape index (κ1) is 11.5. The fourth-order valence-corrected chi connectivity index (χ4v) is 2.01. The van der Waals surface area contributed by atoms with Crippen LogP contribution < -0.4 is 11.1 Å². The van der Waals surface area contributed by atoms with Gasteiger partial charge >= 0.3 is 0 Å². The minimum absolute atomic E-state index is 0.269. The molecule has 0 saturated carbocycles. The Morgan fingerprint density at radius 2 is 1.94 bits per heavy atom. The molecule has 6 heteroatoms. The van der Waals surface area contributed by atoms with Crippen LogP contribution in [0.2, 0.25) is 0 Å². The second-order valence-electron chi connectivity index (χ2n) is 3.67. The van der Waals surface area contributed by atoms with Crippen LogP contribution in [0.1, 0.15) is 20.9 Å². The van der Waals surface area contributed by atoms with Crippen molar-refractivity contribution in [2.75, 3.05) is 11.1 Å². The van der Waals surface area contributed by atoms with Crippen LogP contribution in [-0.2, 0) is 0 Å². The minimum Gasteiger partial charge on any atom is -0.374 e. The molecule has 0 saturated heterocycles. The zero-order valence-electron chi connectivity index (χ0n) is 9.52. The Morgan fingerprint density at radius 3 is 2.47 bits per heavy atom. The van der Waals surface area contributed by atoms with Crippen LogP contribution in [-0.4, -0.2) is 16.1 Å². The lowest BCUT2D eigenvalue weighted by atomic mass is 10.1. The zero-order chi connectivity index (χ0) is 12.4. The van der Waals surface area contributed by atoms with E-state index >= 15 is 0 Å². The number of anilines is 2. The summed E-state index contributed by atoms with van der Waals surface area (Å²) in [5, 5.41) is 10.7. The van der Waals surface area contributed by atoms with Gasteiger partial charge in [0.05, 0.1) is 0 Å². The van der Waals surface area contributed by atoms with E-state index in [2.05, 4.69) is 15.5 Å². The van der Waals surface area contributed by atoms with Crippen LogP contribution in [0.15, 0.2) is 18.2 Å². The van der Waals surface area contributed by atoms with Gasteiger partial charge in [0.2, 0.25) is 10.1 Å². The van der Waals surface area contributed by atoms with Crippen LogP contribution >= 0.6 is 11.3 Å². The third-order valence-electron chi connectivity index (χ3n) is 2.35. The van der Waals surface area contributed by atoms with Gasteiger partial charge in [0.25, 0.3) is 5.91 Å². The second kappa shape index (κ2) is 4.50. The number of benzene rings is 1. The molecular weight excluding hydrogens is 236 g/mol. The molecule has 1 aromatic carbocycles. The quantitative estimate of drug-likeness (QED) is 0.851. The fourth-order valence-electron chi connectivity index (χ4n) is 1.50. The number of aryl methyl sites for hydroxylation is 2. The summed E-state index contributed by atoms with van der Waals surface area (Å²) in [6.45, 7) is 3.88. The first-order valence-corrected chi connectivity index (χ1v) is 5.86. The van der Waals surface area contributed by atoms with Crippen molar-refractivity contribution in [2.45, 2.75) is 13.8 Å².